The molecule has 0 saturated carbocycles. The molecule has 0 aromatic heterocycles. The fraction of sp³-hybridized carbons (Fsp3) is 0.944. The maximum Gasteiger partial charge on any atom is 0.193 e. The Morgan fingerprint density at radius 2 is 2.04 bits per heavy atom. The Balaban J connectivity index is 0.00000312. The van der Waals surface area contributed by atoms with Gasteiger partial charge in [-0.05, 0) is 47.2 Å². The van der Waals surface area contributed by atoms with Crippen LogP contribution in [0.2, 0.25) is 0 Å². The van der Waals surface area contributed by atoms with E-state index in [1.807, 2.05) is 0 Å². The Bertz CT molecular complexity index is 401. The fourth-order valence-electron chi connectivity index (χ4n) is 3.59. The summed E-state index contributed by atoms with van der Waals surface area (Å²) in [5, 5.41) is 3.48. The van der Waals surface area contributed by atoms with E-state index >= 15 is 0 Å². The second kappa shape index (κ2) is 11.6. The number of hydrogen-bond acceptors (Lipinski definition) is 4. The zero-order valence-corrected chi connectivity index (χ0v) is 18.8. The summed E-state index contributed by atoms with van der Waals surface area (Å²) >= 11 is 0. The summed E-state index contributed by atoms with van der Waals surface area (Å²) in [6, 6.07) is 0. The van der Waals surface area contributed by atoms with Crippen LogP contribution in [0.25, 0.3) is 0 Å². The molecule has 2 heterocycles. The molecule has 1 unspecified atom stereocenters. The van der Waals surface area contributed by atoms with Gasteiger partial charge >= 0.3 is 0 Å². The largest absolute Gasteiger partial charge is 0.381 e. The topological polar surface area (TPSA) is 49.3 Å². The van der Waals surface area contributed by atoms with Crippen LogP contribution < -0.4 is 5.32 Å². The molecule has 0 aromatic carbocycles. The zero-order valence-electron chi connectivity index (χ0n) is 16.4. The van der Waals surface area contributed by atoms with Crippen LogP contribution in [0, 0.1) is 5.92 Å². The number of hydrogen-bond donors (Lipinski definition) is 1. The zero-order chi connectivity index (χ0) is 17.4. The van der Waals surface area contributed by atoms with E-state index in [9.17, 15) is 0 Å². The third-order valence-electron chi connectivity index (χ3n) is 5.37. The normalized spacial score (nSPS) is 23.6. The van der Waals surface area contributed by atoms with Crippen molar-refractivity contribution in [2.24, 2.45) is 10.9 Å². The first-order valence-electron chi connectivity index (χ1n) is 9.47. The van der Waals surface area contributed by atoms with Crippen LogP contribution >= 0.6 is 24.0 Å². The number of likely N-dealkylation sites (N-methyl/N-ethyl adjacent to an activating group) is 1. The number of halogens is 1. The van der Waals surface area contributed by atoms with Gasteiger partial charge in [-0.25, -0.2) is 0 Å². The van der Waals surface area contributed by atoms with Gasteiger partial charge in [0.25, 0.3) is 0 Å². The predicted molar refractivity (Wildman–Crippen MR) is 114 cm³/mol. The van der Waals surface area contributed by atoms with Crippen LogP contribution in [0.1, 0.15) is 33.1 Å². The van der Waals surface area contributed by atoms with Gasteiger partial charge < -0.3 is 24.6 Å². The molecule has 148 valence electrons. The molecule has 2 aliphatic rings. The Kier molecular flexibility index (Phi) is 10.6. The highest BCUT2D eigenvalue weighted by Gasteiger charge is 2.35. The van der Waals surface area contributed by atoms with Crippen molar-refractivity contribution in [1.29, 1.82) is 0 Å². The molecule has 2 fully saturated rings. The van der Waals surface area contributed by atoms with Gasteiger partial charge in [0.1, 0.15) is 0 Å². The van der Waals surface area contributed by atoms with Gasteiger partial charge in [0.2, 0.25) is 0 Å². The molecule has 2 rings (SSSR count). The molecule has 0 aromatic rings. The quantitative estimate of drug-likeness (QED) is 0.352. The van der Waals surface area contributed by atoms with E-state index in [4.69, 9.17) is 14.5 Å². The van der Waals surface area contributed by atoms with Crippen molar-refractivity contribution < 1.29 is 9.47 Å². The van der Waals surface area contributed by atoms with Crippen LogP contribution in [0.5, 0.6) is 0 Å². The minimum atomic E-state index is 0. The number of aliphatic imine (C=N–C) groups is 1. The molecule has 0 bridgehead atoms. The summed E-state index contributed by atoms with van der Waals surface area (Å²) in [7, 11) is 4.34. The van der Waals surface area contributed by atoms with Crippen LogP contribution in [-0.2, 0) is 9.47 Å². The maximum atomic E-state index is 5.60. The standard InChI is InChI=1S/C18H36N4O2.HI/c1-5-19-17(22-10-7-16(13-22)14-23-6-2)20-15-18(21(3)4)8-11-24-12-9-18;/h16H,5-15H2,1-4H3,(H,19,20);1H. The van der Waals surface area contributed by atoms with Crippen molar-refractivity contribution >= 4 is 29.9 Å². The SMILES string of the molecule is CCNC(=NCC1(N(C)C)CCOCC1)N1CCC(COCC)C1.I. The number of ether oxygens (including phenoxy) is 2. The lowest BCUT2D eigenvalue weighted by molar-refractivity contribution is -0.00263. The first-order valence-corrected chi connectivity index (χ1v) is 9.47. The first kappa shape index (κ1) is 22.9. The van der Waals surface area contributed by atoms with Crippen molar-refractivity contribution in [3.05, 3.63) is 0 Å². The number of nitrogens with zero attached hydrogens (tertiary/aromatic N) is 3. The molecule has 0 radical (unpaired) electrons. The molecule has 25 heavy (non-hydrogen) atoms. The second-order valence-corrected chi connectivity index (χ2v) is 7.16. The molecule has 2 saturated heterocycles. The summed E-state index contributed by atoms with van der Waals surface area (Å²) in [5.41, 5.74) is 0.128. The molecule has 0 spiro atoms. The van der Waals surface area contributed by atoms with E-state index in [0.29, 0.717) is 5.92 Å². The van der Waals surface area contributed by atoms with E-state index in [0.717, 1.165) is 71.4 Å². The minimum Gasteiger partial charge on any atom is -0.381 e. The Morgan fingerprint density at radius 1 is 1.32 bits per heavy atom. The van der Waals surface area contributed by atoms with Crippen molar-refractivity contribution in [3.8, 4) is 0 Å². The molecule has 1 atom stereocenters. The second-order valence-electron chi connectivity index (χ2n) is 7.16. The van der Waals surface area contributed by atoms with Crippen molar-refractivity contribution in [1.82, 2.24) is 15.1 Å². The third-order valence-corrected chi connectivity index (χ3v) is 5.37. The number of rotatable bonds is 7. The van der Waals surface area contributed by atoms with Crippen LogP contribution in [0.15, 0.2) is 4.99 Å². The van der Waals surface area contributed by atoms with Crippen LogP contribution in [-0.4, -0.2) is 88.0 Å². The summed E-state index contributed by atoms with van der Waals surface area (Å²) in [5.74, 6) is 1.68. The van der Waals surface area contributed by atoms with E-state index in [-0.39, 0.29) is 29.5 Å². The summed E-state index contributed by atoms with van der Waals surface area (Å²) in [4.78, 5) is 9.76. The van der Waals surface area contributed by atoms with Crippen LogP contribution in [0.4, 0.5) is 0 Å². The first-order chi connectivity index (χ1) is 11.6. The van der Waals surface area contributed by atoms with Crippen LogP contribution in [0.3, 0.4) is 0 Å². The summed E-state index contributed by atoms with van der Waals surface area (Å²) in [6.45, 7) is 11.4. The van der Waals surface area contributed by atoms with Crippen molar-refractivity contribution in [3.63, 3.8) is 0 Å². The highest BCUT2D eigenvalue weighted by molar-refractivity contribution is 14.0. The van der Waals surface area contributed by atoms with Crippen molar-refractivity contribution in [2.75, 3.05) is 66.7 Å². The van der Waals surface area contributed by atoms with Gasteiger partial charge in [0.05, 0.1) is 13.2 Å². The lowest BCUT2D eigenvalue weighted by Crippen LogP contribution is -2.52. The van der Waals surface area contributed by atoms with Gasteiger partial charge in [0, 0.05) is 50.9 Å². The highest BCUT2D eigenvalue weighted by atomic mass is 127. The third kappa shape index (κ3) is 6.52. The van der Waals surface area contributed by atoms with Gasteiger partial charge in [-0.2, -0.15) is 0 Å². The minimum absolute atomic E-state index is 0. The van der Waals surface area contributed by atoms with Gasteiger partial charge in [-0.1, -0.05) is 0 Å². The van der Waals surface area contributed by atoms with Gasteiger partial charge in [0.15, 0.2) is 5.96 Å². The predicted octanol–water partition coefficient (Wildman–Crippen LogP) is 2.04. The monoisotopic (exact) mass is 468 g/mol. The molecule has 0 amide bonds. The smallest absolute Gasteiger partial charge is 0.193 e. The van der Waals surface area contributed by atoms with E-state index in [1.165, 1.54) is 6.42 Å². The van der Waals surface area contributed by atoms with Crippen molar-refractivity contribution in [2.45, 2.75) is 38.6 Å². The lowest BCUT2D eigenvalue weighted by atomic mass is 9.89. The average molecular weight is 468 g/mol. The Morgan fingerprint density at radius 3 is 2.64 bits per heavy atom. The molecular formula is C18H37IN4O2. The maximum absolute atomic E-state index is 5.60. The lowest BCUT2D eigenvalue weighted by Gasteiger charge is -2.42. The number of nitrogens with one attached hydrogen (secondary N) is 1. The highest BCUT2D eigenvalue weighted by Crippen LogP contribution is 2.26. The van der Waals surface area contributed by atoms with E-state index < -0.39 is 0 Å². The van der Waals surface area contributed by atoms with E-state index in [2.05, 4.69) is 43.1 Å². The summed E-state index contributed by atoms with van der Waals surface area (Å²) < 4.78 is 11.2. The molecule has 7 heteroatoms. The fourth-order valence-corrected chi connectivity index (χ4v) is 3.59. The number of guanidine groups is 1. The molecule has 1 N–H and O–H groups in total. The Labute approximate surface area is 170 Å². The summed E-state index contributed by atoms with van der Waals surface area (Å²) in [6.07, 6.45) is 3.29. The molecule has 6 nitrogen and oxygen atoms in total. The van der Waals surface area contributed by atoms with Gasteiger partial charge in [-0.15, -0.1) is 24.0 Å². The average Bonchev–Trinajstić information content (AvgIpc) is 3.06. The molecule has 0 aliphatic carbocycles. The number of likely N-dealkylation sites (tertiary alicyclic amines) is 1. The Hall–Kier alpha value is -0.120. The molecule has 2 aliphatic heterocycles. The van der Waals surface area contributed by atoms with E-state index in [1.54, 1.807) is 0 Å². The molecular weight excluding hydrogens is 431 g/mol. The van der Waals surface area contributed by atoms with Gasteiger partial charge in [-0.3, -0.25) is 4.99 Å².